The van der Waals surface area contributed by atoms with Crippen molar-refractivity contribution >= 4 is 5.97 Å². The second kappa shape index (κ2) is 6.04. The summed E-state index contributed by atoms with van der Waals surface area (Å²) in [6.07, 6.45) is 2.64. The van der Waals surface area contributed by atoms with Gasteiger partial charge in [-0.25, -0.2) is 0 Å². The highest BCUT2D eigenvalue weighted by Crippen LogP contribution is 2.07. The quantitative estimate of drug-likeness (QED) is 0.596. The van der Waals surface area contributed by atoms with E-state index in [0.717, 1.165) is 12.8 Å². The predicted molar refractivity (Wildman–Crippen MR) is 49.9 cm³/mol. The van der Waals surface area contributed by atoms with Gasteiger partial charge in [0.2, 0.25) is 0 Å². The highest BCUT2D eigenvalue weighted by Gasteiger charge is 2.05. The fourth-order valence-electron chi connectivity index (χ4n) is 0.976. The number of rotatable bonds is 5. The lowest BCUT2D eigenvalue weighted by atomic mass is 10.1. The van der Waals surface area contributed by atoms with E-state index in [2.05, 4.69) is 13.8 Å². The molecular formula is C10H20O2. The first-order chi connectivity index (χ1) is 5.52. The van der Waals surface area contributed by atoms with Crippen LogP contribution in [0.2, 0.25) is 0 Å². The Labute approximate surface area is 75.3 Å². The number of carbonyl (C=O) groups excluding carboxylic acids is 1. The highest BCUT2D eigenvalue weighted by molar-refractivity contribution is 5.69. The highest BCUT2D eigenvalue weighted by atomic mass is 16.5. The molecule has 0 aliphatic rings. The Morgan fingerprint density at radius 2 is 1.83 bits per heavy atom. The van der Waals surface area contributed by atoms with Crippen molar-refractivity contribution in [1.29, 1.82) is 0 Å². The van der Waals surface area contributed by atoms with Crippen LogP contribution in [0.5, 0.6) is 0 Å². The Balaban J connectivity index is 3.32. The zero-order chi connectivity index (χ0) is 9.56. The second-order valence-electron chi connectivity index (χ2n) is 3.82. The van der Waals surface area contributed by atoms with Crippen molar-refractivity contribution in [3.05, 3.63) is 0 Å². The molecule has 0 aromatic heterocycles. The minimum atomic E-state index is -0.0642. The van der Waals surface area contributed by atoms with E-state index in [1.165, 1.54) is 0 Å². The molecule has 0 saturated carbocycles. The van der Waals surface area contributed by atoms with Gasteiger partial charge in [0.25, 0.3) is 0 Å². The Kier molecular flexibility index (Phi) is 5.77. The molecule has 2 nitrogen and oxygen atoms in total. The van der Waals surface area contributed by atoms with Crippen LogP contribution in [-0.2, 0) is 9.53 Å². The van der Waals surface area contributed by atoms with E-state index in [4.69, 9.17) is 4.74 Å². The van der Waals surface area contributed by atoms with Gasteiger partial charge in [0.05, 0.1) is 6.10 Å². The van der Waals surface area contributed by atoms with Gasteiger partial charge in [0.1, 0.15) is 0 Å². The summed E-state index contributed by atoms with van der Waals surface area (Å²) in [4.78, 5) is 11.0. The van der Waals surface area contributed by atoms with Crippen molar-refractivity contribution in [2.45, 2.75) is 53.1 Å². The molecule has 12 heavy (non-hydrogen) atoms. The number of esters is 1. The molecule has 0 heterocycles. The zero-order valence-corrected chi connectivity index (χ0v) is 8.59. The van der Waals surface area contributed by atoms with Crippen LogP contribution < -0.4 is 0 Å². The summed E-state index contributed by atoms with van der Waals surface area (Å²) in [6.45, 7) is 8.07. The average Bonchev–Trinajstić information content (AvgIpc) is 1.84. The van der Waals surface area contributed by atoms with E-state index >= 15 is 0 Å². The summed E-state index contributed by atoms with van der Waals surface area (Å²) in [7, 11) is 0. The minimum absolute atomic E-state index is 0.0246. The van der Waals surface area contributed by atoms with Crippen molar-refractivity contribution in [3.63, 3.8) is 0 Å². The molecule has 0 aromatic carbocycles. The standard InChI is InChI=1S/C10H20O2/c1-8(2)6-5-7-10(11)12-9(3)4/h8-9H,5-7H2,1-4H3. The molecule has 0 rings (SSSR count). The van der Waals surface area contributed by atoms with Crippen LogP contribution in [0.3, 0.4) is 0 Å². The maximum Gasteiger partial charge on any atom is 0.306 e. The Morgan fingerprint density at radius 1 is 1.25 bits per heavy atom. The zero-order valence-electron chi connectivity index (χ0n) is 8.59. The van der Waals surface area contributed by atoms with Gasteiger partial charge < -0.3 is 4.74 Å². The monoisotopic (exact) mass is 172 g/mol. The average molecular weight is 172 g/mol. The molecule has 0 amide bonds. The largest absolute Gasteiger partial charge is 0.463 e. The van der Waals surface area contributed by atoms with Gasteiger partial charge in [0, 0.05) is 6.42 Å². The van der Waals surface area contributed by atoms with Crippen LogP contribution in [0.15, 0.2) is 0 Å². The van der Waals surface area contributed by atoms with Gasteiger partial charge >= 0.3 is 5.97 Å². The lowest BCUT2D eigenvalue weighted by Gasteiger charge is -2.08. The van der Waals surface area contributed by atoms with E-state index in [0.29, 0.717) is 12.3 Å². The molecule has 0 fully saturated rings. The third kappa shape index (κ3) is 7.58. The summed E-state index contributed by atoms with van der Waals surface area (Å²) >= 11 is 0. The molecule has 0 bridgehead atoms. The number of ether oxygens (including phenoxy) is 1. The molecule has 0 saturated heterocycles. The number of hydrogen-bond donors (Lipinski definition) is 0. The predicted octanol–water partition coefficient (Wildman–Crippen LogP) is 2.76. The molecule has 0 spiro atoms. The molecule has 0 aliphatic heterocycles. The third-order valence-corrected chi connectivity index (χ3v) is 1.53. The van der Waals surface area contributed by atoms with Crippen molar-refractivity contribution in [3.8, 4) is 0 Å². The normalized spacial score (nSPS) is 10.8. The fourth-order valence-corrected chi connectivity index (χ4v) is 0.976. The maximum absolute atomic E-state index is 11.0. The van der Waals surface area contributed by atoms with Gasteiger partial charge in [-0.3, -0.25) is 4.79 Å². The lowest BCUT2D eigenvalue weighted by molar-refractivity contribution is -0.147. The van der Waals surface area contributed by atoms with E-state index in [-0.39, 0.29) is 12.1 Å². The van der Waals surface area contributed by atoms with Gasteiger partial charge in [-0.15, -0.1) is 0 Å². The topological polar surface area (TPSA) is 26.3 Å². The van der Waals surface area contributed by atoms with Gasteiger partial charge in [-0.05, 0) is 26.2 Å². The van der Waals surface area contributed by atoms with E-state index < -0.39 is 0 Å². The SMILES string of the molecule is CC(C)CCCC(=O)OC(C)C. The van der Waals surface area contributed by atoms with Crippen molar-refractivity contribution < 1.29 is 9.53 Å². The summed E-state index contributed by atoms with van der Waals surface area (Å²) in [6, 6.07) is 0. The summed E-state index contributed by atoms with van der Waals surface area (Å²) in [5.41, 5.74) is 0. The Hall–Kier alpha value is -0.530. The van der Waals surface area contributed by atoms with Crippen LogP contribution in [-0.4, -0.2) is 12.1 Å². The smallest absolute Gasteiger partial charge is 0.306 e. The molecule has 0 aromatic rings. The van der Waals surface area contributed by atoms with Crippen LogP contribution >= 0.6 is 0 Å². The molecule has 0 unspecified atom stereocenters. The first-order valence-corrected chi connectivity index (χ1v) is 4.72. The van der Waals surface area contributed by atoms with Crippen molar-refractivity contribution in [2.75, 3.05) is 0 Å². The second-order valence-corrected chi connectivity index (χ2v) is 3.82. The minimum Gasteiger partial charge on any atom is -0.463 e. The molecule has 2 heteroatoms. The van der Waals surface area contributed by atoms with Crippen LogP contribution in [0.25, 0.3) is 0 Å². The molecule has 0 N–H and O–H groups in total. The van der Waals surface area contributed by atoms with Crippen LogP contribution in [0, 0.1) is 5.92 Å². The maximum atomic E-state index is 11.0. The Morgan fingerprint density at radius 3 is 2.25 bits per heavy atom. The van der Waals surface area contributed by atoms with Gasteiger partial charge in [-0.2, -0.15) is 0 Å². The fraction of sp³-hybridized carbons (Fsp3) is 0.900. The molecule has 0 aliphatic carbocycles. The van der Waals surface area contributed by atoms with Gasteiger partial charge in [0.15, 0.2) is 0 Å². The number of carbonyl (C=O) groups is 1. The molecule has 0 radical (unpaired) electrons. The van der Waals surface area contributed by atoms with Crippen LogP contribution in [0.1, 0.15) is 47.0 Å². The van der Waals surface area contributed by atoms with E-state index in [1.54, 1.807) is 0 Å². The summed E-state index contributed by atoms with van der Waals surface area (Å²) in [5.74, 6) is 0.613. The molecular weight excluding hydrogens is 152 g/mol. The first-order valence-electron chi connectivity index (χ1n) is 4.72. The molecule has 72 valence electrons. The lowest BCUT2D eigenvalue weighted by Crippen LogP contribution is -2.11. The molecule has 0 atom stereocenters. The van der Waals surface area contributed by atoms with Gasteiger partial charge in [-0.1, -0.05) is 20.3 Å². The van der Waals surface area contributed by atoms with Crippen molar-refractivity contribution in [2.24, 2.45) is 5.92 Å². The van der Waals surface area contributed by atoms with E-state index in [1.807, 2.05) is 13.8 Å². The van der Waals surface area contributed by atoms with Crippen LogP contribution in [0.4, 0.5) is 0 Å². The Bertz CT molecular complexity index is 128. The van der Waals surface area contributed by atoms with E-state index in [9.17, 15) is 4.79 Å². The third-order valence-electron chi connectivity index (χ3n) is 1.53. The summed E-state index contributed by atoms with van der Waals surface area (Å²) < 4.78 is 4.99. The van der Waals surface area contributed by atoms with Crippen molar-refractivity contribution in [1.82, 2.24) is 0 Å². The number of hydrogen-bond acceptors (Lipinski definition) is 2. The summed E-state index contributed by atoms with van der Waals surface area (Å²) in [5, 5.41) is 0. The first kappa shape index (κ1) is 11.5.